The molecule has 2 aliphatic heterocycles. The number of para-hydroxylation sites is 2. The van der Waals surface area contributed by atoms with Crippen molar-refractivity contribution in [1.29, 1.82) is 0 Å². The molecule has 51 heavy (non-hydrogen) atoms. The van der Waals surface area contributed by atoms with E-state index >= 15 is 0 Å². The molecule has 0 aliphatic carbocycles. The lowest BCUT2D eigenvalue weighted by molar-refractivity contribution is 0.00455. The van der Waals surface area contributed by atoms with Gasteiger partial charge in [-0.25, -0.2) is 19.4 Å². The summed E-state index contributed by atoms with van der Waals surface area (Å²) in [7, 11) is 0. The molecule has 6 aromatic rings. The van der Waals surface area contributed by atoms with Gasteiger partial charge in [0.05, 0.1) is 22.5 Å². The van der Waals surface area contributed by atoms with Crippen molar-refractivity contribution in [2.75, 3.05) is 16.4 Å². The smallest absolute Gasteiger partial charge is 0.340 e. The molecule has 1 atom stereocenters. The maximum atomic E-state index is 13.7. The highest BCUT2D eigenvalue weighted by Crippen LogP contribution is 2.36. The van der Waals surface area contributed by atoms with Crippen LogP contribution in [-0.2, 0) is 9.47 Å². The lowest BCUT2D eigenvalue weighted by Crippen LogP contribution is -2.41. The van der Waals surface area contributed by atoms with Crippen molar-refractivity contribution < 1.29 is 38.2 Å². The summed E-state index contributed by atoms with van der Waals surface area (Å²) < 4.78 is 11.1. The van der Waals surface area contributed by atoms with Crippen LogP contribution in [0, 0.1) is 0 Å². The fraction of sp³-hybridized carbons (Fsp3) is 0.0732. The Morgan fingerprint density at radius 1 is 0.510 bits per heavy atom. The maximum absolute atomic E-state index is 13.7. The third-order valence-electron chi connectivity index (χ3n) is 9.03. The Morgan fingerprint density at radius 3 is 1.29 bits per heavy atom. The SMILES string of the molecule is C[C@@H](COC(=O)c1ccccc1N1C(=O)c2cccc3cccc(c23)C1=O)OC(=O)c1ccccc1N1C(=O)c2cccc3cccc(c23)C1=O. The molecule has 2 aliphatic rings. The van der Waals surface area contributed by atoms with Gasteiger partial charge in [-0.15, -0.1) is 0 Å². The largest absolute Gasteiger partial charge is 0.458 e. The number of hydrogen-bond acceptors (Lipinski definition) is 8. The predicted octanol–water partition coefficient (Wildman–Crippen LogP) is 7.00. The molecule has 2 heterocycles. The van der Waals surface area contributed by atoms with E-state index in [1.807, 2.05) is 24.3 Å². The minimum absolute atomic E-state index is 0.0351. The number of carbonyl (C=O) groups is 6. The van der Waals surface area contributed by atoms with E-state index in [-0.39, 0.29) is 29.1 Å². The number of anilines is 2. The van der Waals surface area contributed by atoms with Crippen molar-refractivity contribution in [3.63, 3.8) is 0 Å². The Balaban J connectivity index is 0.998. The van der Waals surface area contributed by atoms with Crippen molar-refractivity contribution in [3.8, 4) is 0 Å². The van der Waals surface area contributed by atoms with Crippen LogP contribution in [0.5, 0.6) is 0 Å². The van der Waals surface area contributed by atoms with Gasteiger partial charge in [-0.05, 0) is 66.2 Å². The van der Waals surface area contributed by atoms with Crippen LogP contribution in [0.15, 0.2) is 121 Å². The molecule has 0 saturated carbocycles. The van der Waals surface area contributed by atoms with E-state index in [0.29, 0.717) is 33.0 Å². The summed E-state index contributed by atoms with van der Waals surface area (Å²) in [6, 6.07) is 33.0. The Labute approximate surface area is 290 Å². The van der Waals surface area contributed by atoms with Crippen molar-refractivity contribution in [2.24, 2.45) is 0 Å². The third kappa shape index (κ3) is 5.04. The topological polar surface area (TPSA) is 127 Å². The number of nitrogens with zero attached hydrogens (tertiary/aromatic N) is 2. The van der Waals surface area contributed by atoms with E-state index in [0.717, 1.165) is 20.6 Å². The summed E-state index contributed by atoms with van der Waals surface area (Å²) in [5, 5.41) is 2.61. The van der Waals surface area contributed by atoms with Crippen LogP contribution in [0.1, 0.15) is 69.1 Å². The molecular formula is C41H26N2O8. The highest BCUT2D eigenvalue weighted by molar-refractivity contribution is 6.37. The van der Waals surface area contributed by atoms with Crippen LogP contribution in [0.2, 0.25) is 0 Å². The summed E-state index contributed by atoms with van der Waals surface area (Å²) >= 11 is 0. The van der Waals surface area contributed by atoms with E-state index in [9.17, 15) is 28.8 Å². The van der Waals surface area contributed by atoms with Gasteiger partial charge in [0.1, 0.15) is 12.7 Å². The van der Waals surface area contributed by atoms with Gasteiger partial charge >= 0.3 is 11.9 Å². The van der Waals surface area contributed by atoms with Gasteiger partial charge in [-0.1, -0.05) is 72.8 Å². The van der Waals surface area contributed by atoms with Crippen molar-refractivity contribution in [2.45, 2.75) is 13.0 Å². The van der Waals surface area contributed by atoms with Crippen LogP contribution >= 0.6 is 0 Å². The quantitative estimate of drug-likeness (QED) is 0.131. The number of amides is 4. The number of esters is 2. The summed E-state index contributed by atoms with van der Waals surface area (Å²) in [5.41, 5.74) is 1.37. The molecule has 10 nitrogen and oxygen atoms in total. The number of benzene rings is 6. The first-order valence-corrected chi connectivity index (χ1v) is 16.1. The molecule has 0 saturated heterocycles. The molecule has 0 N–H and O–H groups in total. The first kappa shape index (κ1) is 31.3. The first-order chi connectivity index (χ1) is 24.7. The van der Waals surface area contributed by atoms with Gasteiger partial charge in [-0.2, -0.15) is 0 Å². The third-order valence-corrected chi connectivity index (χ3v) is 9.03. The van der Waals surface area contributed by atoms with Crippen LogP contribution in [0.3, 0.4) is 0 Å². The molecule has 0 radical (unpaired) electrons. The van der Waals surface area contributed by atoms with Crippen LogP contribution < -0.4 is 9.80 Å². The predicted molar refractivity (Wildman–Crippen MR) is 188 cm³/mol. The van der Waals surface area contributed by atoms with Gasteiger partial charge in [0.25, 0.3) is 23.6 Å². The standard InChI is InChI=1S/C41H26N2O8/c1-23(51-41(49)27-15-3-5-21-33(27)43-38(46)30-18-8-12-25-13-9-19-31(35(25)30)39(43)47)22-50-40(48)26-14-2-4-20-32(26)42-36(44)28-16-6-10-24-11-7-17-29(34(24)28)37(42)45/h2-21,23H,22H2,1H3/t23-/m0/s1. The molecule has 4 amide bonds. The molecule has 0 aromatic heterocycles. The van der Waals surface area contributed by atoms with Crippen molar-refractivity contribution in [1.82, 2.24) is 0 Å². The molecule has 10 heteroatoms. The zero-order valence-electron chi connectivity index (χ0n) is 27.0. The zero-order valence-corrected chi connectivity index (χ0v) is 27.0. The van der Waals surface area contributed by atoms with Crippen LogP contribution in [-0.4, -0.2) is 48.3 Å². The molecule has 248 valence electrons. The summed E-state index contributed by atoms with van der Waals surface area (Å²) in [6.45, 7) is 1.14. The van der Waals surface area contributed by atoms with E-state index in [2.05, 4.69) is 0 Å². The average molecular weight is 675 g/mol. The summed E-state index contributed by atoms with van der Waals surface area (Å²) in [6.07, 6.45) is -0.966. The number of hydrogen-bond donors (Lipinski definition) is 0. The summed E-state index contributed by atoms with van der Waals surface area (Å²) in [5.74, 6) is -3.98. The van der Waals surface area contributed by atoms with E-state index in [4.69, 9.17) is 9.47 Å². The Kier molecular flexibility index (Phi) is 7.49. The lowest BCUT2D eigenvalue weighted by atomic mass is 9.93. The molecular weight excluding hydrogens is 648 g/mol. The number of ether oxygens (including phenoxy) is 2. The van der Waals surface area contributed by atoms with E-state index in [1.165, 1.54) is 31.2 Å². The normalized spacial score (nSPS) is 14.2. The van der Waals surface area contributed by atoms with Crippen LogP contribution in [0.4, 0.5) is 11.4 Å². The maximum Gasteiger partial charge on any atom is 0.340 e. The molecule has 6 aromatic carbocycles. The fourth-order valence-corrected chi connectivity index (χ4v) is 6.73. The highest BCUT2D eigenvalue weighted by atomic mass is 16.6. The van der Waals surface area contributed by atoms with Gasteiger partial charge in [0, 0.05) is 33.0 Å². The van der Waals surface area contributed by atoms with Crippen LogP contribution in [0.25, 0.3) is 21.5 Å². The second-order valence-corrected chi connectivity index (χ2v) is 12.2. The Morgan fingerprint density at radius 2 is 0.882 bits per heavy atom. The fourth-order valence-electron chi connectivity index (χ4n) is 6.73. The molecule has 0 unspecified atom stereocenters. The average Bonchev–Trinajstić information content (AvgIpc) is 3.15. The number of imide groups is 2. The molecule has 0 fully saturated rings. The minimum atomic E-state index is -0.966. The minimum Gasteiger partial charge on any atom is -0.458 e. The van der Waals surface area contributed by atoms with Crippen molar-refractivity contribution >= 4 is 68.5 Å². The highest BCUT2D eigenvalue weighted by Gasteiger charge is 2.37. The first-order valence-electron chi connectivity index (χ1n) is 16.1. The second-order valence-electron chi connectivity index (χ2n) is 12.2. The van der Waals surface area contributed by atoms with Gasteiger partial charge in [0.2, 0.25) is 0 Å². The molecule has 0 bridgehead atoms. The Bertz CT molecular complexity index is 2420. The number of rotatable bonds is 7. The van der Waals surface area contributed by atoms with Gasteiger partial charge < -0.3 is 9.47 Å². The zero-order chi connectivity index (χ0) is 35.4. The number of carbonyl (C=O) groups excluding carboxylic acids is 6. The second kappa shape index (κ2) is 12.2. The molecule has 0 spiro atoms. The van der Waals surface area contributed by atoms with Gasteiger partial charge in [-0.3, -0.25) is 19.2 Å². The molecule has 8 rings (SSSR count). The monoisotopic (exact) mass is 674 g/mol. The van der Waals surface area contributed by atoms with E-state index < -0.39 is 41.7 Å². The summed E-state index contributed by atoms with van der Waals surface area (Å²) in [4.78, 5) is 83.5. The van der Waals surface area contributed by atoms with Gasteiger partial charge in [0.15, 0.2) is 0 Å². The Hall–Kier alpha value is -6.94. The lowest BCUT2D eigenvalue weighted by Gasteiger charge is -2.28. The van der Waals surface area contributed by atoms with E-state index in [1.54, 1.807) is 72.8 Å². The van der Waals surface area contributed by atoms with Crippen molar-refractivity contribution in [3.05, 3.63) is 155 Å².